The van der Waals surface area contributed by atoms with Crippen LogP contribution < -0.4 is 4.31 Å². The van der Waals surface area contributed by atoms with Crippen LogP contribution in [0.15, 0.2) is 40.8 Å². The van der Waals surface area contributed by atoms with Crippen LogP contribution in [-0.4, -0.2) is 32.3 Å². The Morgan fingerprint density at radius 1 is 1.18 bits per heavy atom. The number of hydrogen-bond donors (Lipinski definition) is 1. The molecular formula is C20H18FNO5S. The number of hydrogen-bond acceptors (Lipinski definition) is 4. The van der Waals surface area contributed by atoms with Gasteiger partial charge in [0.25, 0.3) is 0 Å². The Balaban J connectivity index is 1.99. The summed E-state index contributed by atoms with van der Waals surface area (Å²) in [4.78, 5) is 12.0. The number of carboxylic acid groups (broad SMARTS) is 1. The third kappa shape index (κ3) is 3.13. The van der Waals surface area contributed by atoms with E-state index in [1.807, 2.05) is 0 Å². The summed E-state index contributed by atoms with van der Waals surface area (Å²) in [7, 11) is -3.47. The van der Waals surface area contributed by atoms with Crippen LogP contribution in [0, 0.1) is 5.82 Å². The highest BCUT2D eigenvalue weighted by Gasteiger charge is 2.27. The van der Waals surface area contributed by atoms with Gasteiger partial charge in [-0.2, -0.15) is 0 Å². The van der Waals surface area contributed by atoms with Gasteiger partial charge in [-0.1, -0.05) is 0 Å². The Bertz CT molecular complexity index is 1180. The number of anilines is 1. The van der Waals surface area contributed by atoms with E-state index in [0.717, 1.165) is 24.7 Å². The zero-order valence-corrected chi connectivity index (χ0v) is 15.9. The number of aromatic carboxylic acids is 1. The highest BCUT2D eigenvalue weighted by Crippen LogP contribution is 2.39. The summed E-state index contributed by atoms with van der Waals surface area (Å²) in [5, 5.41) is 10.2. The predicted octanol–water partition coefficient (Wildman–Crippen LogP) is 4.04. The van der Waals surface area contributed by atoms with Crippen LogP contribution in [0.5, 0.6) is 0 Å². The molecular weight excluding hydrogens is 385 g/mol. The lowest BCUT2D eigenvalue weighted by Gasteiger charge is -2.22. The molecule has 2 aromatic carbocycles. The first-order valence-electron chi connectivity index (χ1n) is 8.82. The molecule has 1 aromatic heterocycles. The molecule has 0 saturated carbocycles. The van der Waals surface area contributed by atoms with Gasteiger partial charge < -0.3 is 9.52 Å². The number of furan rings is 1. The first-order chi connectivity index (χ1) is 13.3. The van der Waals surface area contributed by atoms with Gasteiger partial charge >= 0.3 is 5.97 Å². The number of benzene rings is 2. The number of halogens is 1. The molecule has 0 aliphatic carbocycles. The van der Waals surface area contributed by atoms with Gasteiger partial charge in [0.05, 0.1) is 11.9 Å². The van der Waals surface area contributed by atoms with E-state index in [1.54, 1.807) is 12.1 Å². The first kappa shape index (κ1) is 18.5. The number of sulfonamides is 1. The molecule has 146 valence electrons. The average Bonchev–Trinajstić information content (AvgIpc) is 2.85. The summed E-state index contributed by atoms with van der Waals surface area (Å²) in [5.41, 5.74) is 1.99. The second-order valence-electron chi connectivity index (χ2n) is 6.89. The number of aryl methyl sites for hydroxylation is 1. The van der Waals surface area contributed by atoms with E-state index >= 15 is 0 Å². The predicted molar refractivity (Wildman–Crippen MR) is 104 cm³/mol. The first-order valence-corrected chi connectivity index (χ1v) is 10.7. The fourth-order valence-electron chi connectivity index (χ4n) is 3.66. The van der Waals surface area contributed by atoms with Crippen molar-refractivity contribution in [3.63, 3.8) is 0 Å². The second-order valence-corrected chi connectivity index (χ2v) is 8.79. The zero-order valence-electron chi connectivity index (χ0n) is 15.1. The average molecular weight is 403 g/mol. The van der Waals surface area contributed by atoms with Crippen molar-refractivity contribution in [3.8, 4) is 11.3 Å². The maximum atomic E-state index is 13.3. The van der Waals surface area contributed by atoms with Crippen LogP contribution in [-0.2, 0) is 16.4 Å². The fourth-order valence-corrected chi connectivity index (χ4v) is 4.65. The molecule has 2 heterocycles. The quantitative estimate of drug-likeness (QED) is 0.713. The van der Waals surface area contributed by atoms with Crippen molar-refractivity contribution in [2.24, 2.45) is 0 Å². The lowest BCUT2D eigenvalue weighted by Crippen LogP contribution is -2.30. The van der Waals surface area contributed by atoms with Crippen molar-refractivity contribution in [1.29, 1.82) is 0 Å². The molecule has 0 bridgehead atoms. The van der Waals surface area contributed by atoms with Gasteiger partial charge in [-0.3, -0.25) is 4.31 Å². The van der Waals surface area contributed by atoms with Crippen LogP contribution >= 0.6 is 0 Å². The van der Waals surface area contributed by atoms with E-state index in [2.05, 4.69) is 0 Å². The van der Waals surface area contributed by atoms with Crippen LogP contribution in [0.1, 0.15) is 28.8 Å². The van der Waals surface area contributed by atoms with E-state index in [4.69, 9.17) is 4.42 Å². The molecule has 0 atom stereocenters. The van der Waals surface area contributed by atoms with Crippen molar-refractivity contribution >= 4 is 32.6 Å². The number of nitrogens with zero attached hydrogens (tertiary/aromatic N) is 1. The van der Waals surface area contributed by atoms with Gasteiger partial charge in [-0.05, 0) is 55.2 Å². The molecule has 6 nitrogen and oxygen atoms in total. The molecule has 0 amide bonds. The van der Waals surface area contributed by atoms with Gasteiger partial charge in [-0.25, -0.2) is 17.6 Å². The molecule has 0 unspecified atom stereocenters. The van der Waals surface area contributed by atoms with Crippen molar-refractivity contribution in [2.75, 3.05) is 17.1 Å². The number of fused-ring (bicyclic) bond motifs is 2. The molecule has 4 rings (SSSR count). The van der Waals surface area contributed by atoms with Crippen molar-refractivity contribution in [3.05, 3.63) is 53.3 Å². The highest BCUT2D eigenvalue weighted by atomic mass is 32.2. The van der Waals surface area contributed by atoms with Crippen molar-refractivity contribution in [2.45, 2.75) is 19.3 Å². The molecule has 0 saturated heterocycles. The van der Waals surface area contributed by atoms with E-state index in [9.17, 15) is 22.7 Å². The summed E-state index contributed by atoms with van der Waals surface area (Å²) in [6.07, 6.45) is 3.32. The number of carboxylic acids is 1. The monoisotopic (exact) mass is 403 g/mol. The minimum atomic E-state index is -3.47. The number of rotatable bonds is 3. The highest BCUT2D eigenvalue weighted by molar-refractivity contribution is 7.92. The normalized spacial score (nSPS) is 14.7. The van der Waals surface area contributed by atoms with E-state index in [-0.39, 0.29) is 16.9 Å². The topological polar surface area (TPSA) is 87.8 Å². The lowest BCUT2D eigenvalue weighted by molar-refractivity contribution is 0.0699. The minimum Gasteiger partial charge on any atom is -0.478 e. The SMILES string of the molecule is CS(=O)(=O)N1CCCCc2cc3c(C(=O)O)c(-c4ccc(F)cc4)oc3cc21. The molecule has 0 spiro atoms. The fraction of sp³-hybridized carbons (Fsp3) is 0.250. The molecule has 8 heteroatoms. The molecule has 28 heavy (non-hydrogen) atoms. The summed E-state index contributed by atoms with van der Waals surface area (Å²) in [6.45, 7) is 0.370. The van der Waals surface area contributed by atoms with E-state index in [1.165, 1.54) is 28.6 Å². The summed E-state index contributed by atoms with van der Waals surface area (Å²) in [6, 6.07) is 8.66. The standard InChI is InChI=1S/C20H18FNO5S/c1-28(25,26)22-9-3-2-4-13-10-15-17(11-16(13)22)27-19(18(15)20(23)24)12-5-7-14(21)8-6-12/h5-8,10-11H,2-4,9H2,1H3,(H,23,24). The number of carbonyl (C=O) groups is 1. The Morgan fingerprint density at radius 2 is 1.89 bits per heavy atom. The summed E-state index contributed by atoms with van der Waals surface area (Å²) >= 11 is 0. The van der Waals surface area contributed by atoms with Crippen molar-refractivity contribution in [1.82, 2.24) is 0 Å². The molecule has 0 fully saturated rings. The van der Waals surface area contributed by atoms with Crippen LogP contribution in [0.2, 0.25) is 0 Å². The van der Waals surface area contributed by atoms with Crippen molar-refractivity contribution < 1.29 is 27.1 Å². The van der Waals surface area contributed by atoms with Gasteiger partial charge in [0.1, 0.15) is 22.7 Å². The Labute approximate surface area is 161 Å². The Kier molecular flexibility index (Phi) is 4.38. The molecule has 1 N–H and O–H groups in total. The minimum absolute atomic E-state index is 0.0143. The van der Waals surface area contributed by atoms with Gasteiger partial charge in [0, 0.05) is 23.6 Å². The van der Waals surface area contributed by atoms with Crippen LogP contribution in [0.4, 0.5) is 10.1 Å². The van der Waals surface area contributed by atoms with Gasteiger partial charge in [0.15, 0.2) is 0 Å². The maximum absolute atomic E-state index is 13.3. The van der Waals surface area contributed by atoms with E-state index in [0.29, 0.717) is 29.6 Å². The van der Waals surface area contributed by atoms with Crippen LogP contribution in [0.25, 0.3) is 22.3 Å². The summed E-state index contributed by atoms with van der Waals surface area (Å²) in [5.74, 6) is -1.48. The van der Waals surface area contributed by atoms with Gasteiger partial charge in [0.2, 0.25) is 10.0 Å². The lowest BCUT2D eigenvalue weighted by atomic mass is 10.0. The Morgan fingerprint density at radius 3 is 2.54 bits per heavy atom. The zero-order chi connectivity index (χ0) is 20.1. The third-order valence-electron chi connectivity index (χ3n) is 4.94. The second kappa shape index (κ2) is 6.63. The maximum Gasteiger partial charge on any atom is 0.340 e. The van der Waals surface area contributed by atoms with Gasteiger partial charge in [-0.15, -0.1) is 0 Å². The third-order valence-corrected chi connectivity index (χ3v) is 6.12. The van der Waals surface area contributed by atoms with Crippen LogP contribution in [0.3, 0.4) is 0 Å². The smallest absolute Gasteiger partial charge is 0.340 e. The molecule has 3 aromatic rings. The summed E-state index contributed by atoms with van der Waals surface area (Å²) < 4.78 is 44.9. The molecule has 0 radical (unpaired) electrons. The Hall–Kier alpha value is -2.87. The van der Waals surface area contributed by atoms with E-state index < -0.39 is 21.8 Å². The largest absolute Gasteiger partial charge is 0.478 e. The molecule has 1 aliphatic heterocycles. The molecule has 1 aliphatic rings.